The summed E-state index contributed by atoms with van der Waals surface area (Å²) in [5, 5.41) is 8.91. The van der Waals surface area contributed by atoms with Crippen LogP contribution in [-0.4, -0.2) is 15.1 Å². The van der Waals surface area contributed by atoms with Crippen LogP contribution in [0.25, 0.3) is 11.0 Å². The average molecular weight is 349 g/mol. The van der Waals surface area contributed by atoms with Crippen molar-refractivity contribution < 1.29 is 9.53 Å². The minimum absolute atomic E-state index is 0.0662. The molecule has 0 N–H and O–H groups in total. The lowest BCUT2D eigenvalue weighted by atomic mass is 10.1. The van der Waals surface area contributed by atoms with E-state index in [-0.39, 0.29) is 18.8 Å². The number of nitriles is 1. The third kappa shape index (κ3) is 3.52. The van der Waals surface area contributed by atoms with Gasteiger partial charge in [-0.1, -0.05) is 31.2 Å². The van der Waals surface area contributed by atoms with Crippen molar-refractivity contribution in [3.8, 4) is 6.07 Å². The van der Waals surface area contributed by atoms with Gasteiger partial charge in [0.1, 0.15) is 13.2 Å². The average Bonchev–Trinajstić information content (AvgIpc) is 2.93. The van der Waals surface area contributed by atoms with Crippen LogP contribution < -0.4 is 5.69 Å². The fourth-order valence-corrected chi connectivity index (χ4v) is 2.93. The highest BCUT2D eigenvalue weighted by Gasteiger charge is 2.15. The van der Waals surface area contributed by atoms with Crippen molar-refractivity contribution in [2.75, 3.05) is 0 Å². The van der Waals surface area contributed by atoms with Crippen LogP contribution in [-0.2, 0) is 29.2 Å². The third-order valence-corrected chi connectivity index (χ3v) is 4.12. The molecule has 132 valence electrons. The smallest absolute Gasteiger partial charge is 0.329 e. The first-order valence-electron chi connectivity index (χ1n) is 8.46. The summed E-state index contributed by atoms with van der Waals surface area (Å²) in [4.78, 5) is 24.9. The van der Waals surface area contributed by atoms with Crippen LogP contribution in [0.3, 0.4) is 0 Å². The number of fused-ring (bicyclic) bond motifs is 1. The van der Waals surface area contributed by atoms with Crippen molar-refractivity contribution in [2.45, 2.75) is 33.0 Å². The Hall–Kier alpha value is -3.33. The number of rotatable bonds is 6. The maximum atomic E-state index is 12.7. The first-order valence-corrected chi connectivity index (χ1v) is 8.46. The number of ether oxygens (including phenoxy) is 1. The SMILES string of the molecule is CCCn1c(=O)n(CC(=O)OCc2cccc(C#N)c2)c2ccccc21. The topological polar surface area (TPSA) is 77.0 Å². The lowest BCUT2D eigenvalue weighted by Gasteiger charge is -2.06. The second kappa shape index (κ2) is 7.70. The van der Waals surface area contributed by atoms with Crippen molar-refractivity contribution in [3.63, 3.8) is 0 Å². The Morgan fingerprint density at radius 3 is 2.54 bits per heavy atom. The van der Waals surface area contributed by atoms with E-state index in [2.05, 4.69) is 0 Å². The number of para-hydroxylation sites is 2. The minimum atomic E-state index is -0.492. The predicted molar refractivity (Wildman–Crippen MR) is 97.4 cm³/mol. The molecular weight excluding hydrogens is 330 g/mol. The quantitative estimate of drug-likeness (QED) is 0.641. The molecule has 0 atom stereocenters. The predicted octanol–water partition coefficient (Wildman–Crippen LogP) is 2.83. The summed E-state index contributed by atoms with van der Waals surface area (Å²) in [6.45, 7) is 2.52. The fourth-order valence-electron chi connectivity index (χ4n) is 2.93. The molecule has 0 saturated carbocycles. The molecule has 0 aliphatic rings. The Labute approximate surface area is 150 Å². The maximum absolute atomic E-state index is 12.7. The summed E-state index contributed by atoms with van der Waals surface area (Å²) < 4.78 is 8.41. The molecule has 0 amide bonds. The van der Waals surface area contributed by atoms with Crippen LogP contribution in [0.1, 0.15) is 24.5 Å². The Morgan fingerprint density at radius 1 is 1.12 bits per heavy atom. The molecule has 0 fully saturated rings. The van der Waals surface area contributed by atoms with Crippen molar-refractivity contribution in [3.05, 3.63) is 70.1 Å². The van der Waals surface area contributed by atoms with E-state index in [0.717, 1.165) is 23.0 Å². The summed E-state index contributed by atoms with van der Waals surface area (Å²) in [7, 11) is 0. The van der Waals surface area contributed by atoms with Gasteiger partial charge in [-0.05, 0) is 36.2 Å². The zero-order chi connectivity index (χ0) is 18.5. The fraction of sp³-hybridized carbons (Fsp3) is 0.250. The minimum Gasteiger partial charge on any atom is -0.459 e. The van der Waals surface area contributed by atoms with Gasteiger partial charge < -0.3 is 4.74 Å². The highest BCUT2D eigenvalue weighted by atomic mass is 16.5. The molecule has 0 bridgehead atoms. The van der Waals surface area contributed by atoms with Gasteiger partial charge in [-0.2, -0.15) is 5.26 Å². The monoisotopic (exact) mass is 349 g/mol. The van der Waals surface area contributed by atoms with Crippen LogP contribution in [0.4, 0.5) is 0 Å². The number of nitrogens with zero attached hydrogens (tertiary/aromatic N) is 3. The number of esters is 1. The molecule has 26 heavy (non-hydrogen) atoms. The lowest BCUT2D eigenvalue weighted by Crippen LogP contribution is -2.27. The van der Waals surface area contributed by atoms with Gasteiger partial charge >= 0.3 is 11.7 Å². The third-order valence-electron chi connectivity index (χ3n) is 4.12. The molecule has 0 saturated heterocycles. The van der Waals surface area contributed by atoms with E-state index in [1.54, 1.807) is 28.8 Å². The molecule has 0 aliphatic carbocycles. The van der Waals surface area contributed by atoms with E-state index in [1.807, 2.05) is 37.3 Å². The van der Waals surface area contributed by atoms with Gasteiger partial charge in [0.25, 0.3) is 0 Å². The molecule has 0 unspecified atom stereocenters. The second-order valence-corrected chi connectivity index (χ2v) is 5.98. The zero-order valence-corrected chi connectivity index (χ0v) is 14.5. The van der Waals surface area contributed by atoms with Crippen molar-refractivity contribution >= 4 is 17.0 Å². The Morgan fingerprint density at radius 2 is 1.85 bits per heavy atom. The summed E-state index contributed by atoms with van der Waals surface area (Å²) in [5.41, 5.74) is 2.57. The molecule has 1 heterocycles. The van der Waals surface area contributed by atoms with Crippen LogP contribution in [0, 0.1) is 11.3 Å². The van der Waals surface area contributed by atoms with E-state index in [9.17, 15) is 9.59 Å². The van der Waals surface area contributed by atoms with Gasteiger partial charge in [-0.25, -0.2) is 4.79 Å². The van der Waals surface area contributed by atoms with E-state index in [1.165, 1.54) is 4.57 Å². The largest absolute Gasteiger partial charge is 0.459 e. The molecule has 6 nitrogen and oxygen atoms in total. The van der Waals surface area contributed by atoms with Crippen LogP contribution in [0.5, 0.6) is 0 Å². The number of hydrogen-bond donors (Lipinski definition) is 0. The number of hydrogen-bond acceptors (Lipinski definition) is 4. The number of aromatic nitrogens is 2. The van der Waals surface area contributed by atoms with Gasteiger partial charge in [-0.3, -0.25) is 13.9 Å². The summed E-state index contributed by atoms with van der Waals surface area (Å²) in [6, 6.07) is 16.4. The Bertz CT molecular complexity index is 1040. The number of imidazole rings is 1. The summed E-state index contributed by atoms with van der Waals surface area (Å²) in [6.07, 6.45) is 0.827. The van der Waals surface area contributed by atoms with E-state index in [0.29, 0.717) is 12.1 Å². The maximum Gasteiger partial charge on any atom is 0.329 e. The summed E-state index contributed by atoms with van der Waals surface area (Å²) in [5.74, 6) is -0.492. The standard InChI is InChI=1S/C20H19N3O3/c1-2-10-22-17-8-3-4-9-18(17)23(20(22)25)13-19(24)26-14-16-7-5-6-15(11-16)12-21/h3-9,11H,2,10,13-14H2,1H3. The number of carbonyl (C=O) groups excluding carboxylic acids is 1. The normalized spacial score (nSPS) is 10.6. The van der Waals surface area contributed by atoms with E-state index < -0.39 is 5.97 Å². The molecule has 2 aromatic carbocycles. The number of benzene rings is 2. The Balaban J connectivity index is 1.78. The first kappa shape index (κ1) is 17.5. The van der Waals surface area contributed by atoms with Gasteiger partial charge in [0, 0.05) is 6.54 Å². The van der Waals surface area contributed by atoms with Crippen LogP contribution in [0.15, 0.2) is 53.3 Å². The molecule has 0 aliphatic heterocycles. The zero-order valence-electron chi connectivity index (χ0n) is 14.5. The van der Waals surface area contributed by atoms with Gasteiger partial charge in [-0.15, -0.1) is 0 Å². The van der Waals surface area contributed by atoms with E-state index >= 15 is 0 Å². The van der Waals surface area contributed by atoms with Crippen molar-refractivity contribution in [1.82, 2.24) is 9.13 Å². The van der Waals surface area contributed by atoms with Crippen molar-refractivity contribution in [2.24, 2.45) is 0 Å². The second-order valence-electron chi connectivity index (χ2n) is 5.98. The van der Waals surface area contributed by atoms with Crippen molar-refractivity contribution in [1.29, 1.82) is 5.26 Å². The molecule has 1 aromatic heterocycles. The molecular formula is C20H19N3O3. The summed E-state index contributed by atoms with van der Waals surface area (Å²) >= 11 is 0. The van der Waals surface area contributed by atoms with Gasteiger partial charge in [0.2, 0.25) is 0 Å². The first-order chi connectivity index (χ1) is 12.6. The van der Waals surface area contributed by atoms with E-state index in [4.69, 9.17) is 10.00 Å². The molecule has 0 spiro atoms. The highest BCUT2D eigenvalue weighted by molar-refractivity contribution is 5.78. The number of aryl methyl sites for hydroxylation is 1. The molecule has 3 aromatic rings. The molecule has 6 heteroatoms. The van der Waals surface area contributed by atoms with Crippen LogP contribution in [0.2, 0.25) is 0 Å². The highest BCUT2D eigenvalue weighted by Crippen LogP contribution is 2.13. The molecule has 3 rings (SSSR count). The Kier molecular flexibility index (Phi) is 5.18. The van der Waals surface area contributed by atoms with Gasteiger partial charge in [0.05, 0.1) is 22.7 Å². The van der Waals surface area contributed by atoms with Crippen LogP contribution >= 0.6 is 0 Å². The lowest BCUT2D eigenvalue weighted by molar-refractivity contribution is -0.145. The number of carbonyl (C=O) groups is 1. The molecule has 0 radical (unpaired) electrons. The van der Waals surface area contributed by atoms with Gasteiger partial charge in [0.15, 0.2) is 0 Å².